The summed E-state index contributed by atoms with van der Waals surface area (Å²) in [5.41, 5.74) is -0.0246. The molecule has 0 aliphatic heterocycles. The van der Waals surface area contributed by atoms with Crippen LogP contribution in [0.4, 0.5) is 5.82 Å². The van der Waals surface area contributed by atoms with Gasteiger partial charge in [0.2, 0.25) is 5.88 Å². The summed E-state index contributed by atoms with van der Waals surface area (Å²) >= 11 is 6.40. The van der Waals surface area contributed by atoms with E-state index in [1.807, 2.05) is 4.72 Å². The molecule has 2 aromatic heterocycles. The molecule has 32 heavy (non-hydrogen) atoms. The molecule has 1 aromatic carbocycles. The van der Waals surface area contributed by atoms with Gasteiger partial charge in [0.15, 0.2) is 5.82 Å². The standard InChI is InChI=1S/C19H20Br2N6O4S/c1-2-7-26-32(28,29)27-17-16(13-3-5-14(20)6-4-13)18(25-12-24-17)30-8-9-31-19-22-10-15(21)11-23-19/h3-6,10-12,26H,2,7-9H2,1H3,(H,24,25,27)/i1D3,2D2,7D2,9D2,12D. The van der Waals surface area contributed by atoms with Gasteiger partial charge in [-0.3, -0.25) is 4.72 Å². The Bertz CT molecular complexity index is 1530. The molecule has 0 spiro atoms. The minimum absolute atomic E-state index is 0.199. The van der Waals surface area contributed by atoms with E-state index < -0.39 is 61.1 Å². The van der Waals surface area contributed by atoms with Crippen molar-refractivity contribution in [3.63, 3.8) is 0 Å². The van der Waals surface area contributed by atoms with Gasteiger partial charge in [0.25, 0.3) is 10.2 Å². The third kappa shape index (κ3) is 7.08. The van der Waals surface area contributed by atoms with E-state index in [0.717, 1.165) is 0 Å². The van der Waals surface area contributed by atoms with E-state index in [2.05, 4.69) is 51.8 Å². The van der Waals surface area contributed by atoms with Crippen LogP contribution in [-0.4, -0.2) is 48.0 Å². The number of halogens is 2. The Kier molecular flexibility index (Phi) is 5.04. The van der Waals surface area contributed by atoms with Gasteiger partial charge in [-0.2, -0.15) is 13.1 Å². The molecule has 0 radical (unpaired) electrons. The minimum atomic E-state index is -5.12. The Balaban J connectivity index is 2.00. The second-order valence-corrected chi connectivity index (χ2v) is 8.78. The molecule has 0 fully saturated rings. The monoisotopic (exact) mass is 596 g/mol. The molecule has 2 N–H and O–H groups in total. The van der Waals surface area contributed by atoms with Gasteiger partial charge in [0, 0.05) is 33.0 Å². The Morgan fingerprint density at radius 1 is 1.09 bits per heavy atom. The molecule has 0 bridgehead atoms. The van der Waals surface area contributed by atoms with Gasteiger partial charge in [-0.15, -0.1) is 0 Å². The predicted molar refractivity (Wildman–Crippen MR) is 127 cm³/mol. The average Bonchev–Trinajstić information content (AvgIpc) is 2.83. The maximum Gasteiger partial charge on any atom is 0.316 e. The topological polar surface area (TPSA) is 128 Å². The number of hydrogen-bond acceptors (Lipinski definition) is 8. The van der Waals surface area contributed by atoms with Crippen LogP contribution in [0.2, 0.25) is 0 Å². The van der Waals surface area contributed by atoms with E-state index in [9.17, 15) is 8.42 Å². The van der Waals surface area contributed by atoms with Crippen molar-refractivity contribution in [3.8, 4) is 23.0 Å². The first-order valence-corrected chi connectivity index (χ1v) is 11.5. The second kappa shape index (κ2) is 11.5. The van der Waals surface area contributed by atoms with Crippen molar-refractivity contribution in [1.82, 2.24) is 24.7 Å². The lowest BCUT2D eigenvalue weighted by Gasteiger charge is -2.15. The Hall–Kier alpha value is -2.35. The fraction of sp³-hybridized carbons (Fsp3) is 0.263. The largest absolute Gasteiger partial charge is 0.473 e. The summed E-state index contributed by atoms with van der Waals surface area (Å²) in [6.07, 6.45) is -1.82. The molecule has 10 nitrogen and oxygen atoms in total. The van der Waals surface area contributed by atoms with Crippen LogP contribution >= 0.6 is 31.9 Å². The van der Waals surface area contributed by atoms with E-state index in [0.29, 0.717) is 8.95 Å². The number of nitrogens with zero attached hydrogens (tertiary/aromatic N) is 4. The quantitative estimate of drug-likeness (QED) is 0.343. The number of rotatable bonds is 11. The zero-order valence-electron chi connectivity index (χ0n) is 25.8. The van der Waals surface area contributed by atoms with Crippen LogP contribution in [-0.2, 0) is 10.2 Å². The first kappa shape index (κ1) is 14.0. The first-order valence-electron chi connectivity index (χ1n) is 13.4. The molecule has 0 saturated carbocycles. The normalized spacial score (nSPS) is 17.6. The number of aromatic nitrogens is 4. The molecule has 0 atom stereocenters. The first-order chi connectivity index (χ1) is 19.1. The van der Waals surface area contributed by atoms with E-state index in [1.54, 1.807) is 12.1 Å². The number of nitrogens with one attached hydrogen (secondary N) is 2. The highest BCUT2D eigenvalue weighted by Crippen LogP contribution is 2.34. The van der Waals surface area contributed by atoms with Crippen molar-refractivity contribution < 1.29 is 31.6 Å². The summed E-state index contributed by atoms with van der Waals surface area (Å²) in [6.45, 7) is -10.6. The third-order valence-corrected chi connectivity index (χ3v) is 5.17. The maximum absolute atomic E-state index is 12.9. The van der Waals surface area contributed by atoms with Crippen molar-refractivity contribution in [1.29, 1.82) is 0 Å². The summed E-state index contributed by atoms with van der Waals surface area (Å²) in [5, 5.41) is 0. The number of benzene rings is 1. The number of anilines is 1. The van der Waals surface area contributed by atoms with E-state index >= 15 is 0 Å². The van der Waals surface area contributed by atoms with Crippen molar-refractivity contribution in [2.24, 2.45) is 0 Å². The number of hydrogen-bond donors (Lipinski definition) is 2. The van der Waals surface area contributed by atoms with E-state index in [4.69, 9.17) is 23.2 Å². The summed E-state index contributed by atoms with van der Waals surface area (Å²) < 4.78 is 118. The van der Waals surface area contributed by atoms with Crippen molar-refractivity contribution >= 4 is 47.9 Å². The molecule has 3 aromatic rings. The van der Waals surface area contributed by atoms with Crippen LogP contribution in [0.25, 0.3) is 11.1 Å². The lowest BCUT2D eigenvalue weighted by molar-refractivity contribution is 0.202. The van der Waals surface area contributed by atoms with Crippen LogP contribution in [0.1, 0.15) is 26.9 Å². The van der Waals surface area contributed by atoms with Gasteiger partial charge in [0.05, 0.1) is 12.8 Å². The van der Waals surface area contributed by atoms with Gasteiger partial charge in [-0.25, -0.2) is 19.9 Å². The van der Waals surface area contributed by atoms with Gasteiger partial charge >= 0.3 is 6.01 Å². The van der Waals surface area contributed by atoms with Crippen LogP contribution in [0.3, 0.4) is 0 Å². The van der Waals surface area contributed by atoms with Gasteiger partial charge in [-0.05, 0) is 40.0 Å². The van der Waals surface area contributed by atoms with Crippen molar-refractivity contribution in [2.75, 3.05) is 24.4 Å². The summed E-state index contributed by atoms with van der Waals surface area (Å²) in [7, 11) is -5.12. The molecule has 0 unspecified atom stereocenters. The highest BCUT2D eigenvalue weighted by molar-refractivity contribution is 9.10. The van der Waals surface area contributed by atoms with Gasteiger partial charge in [0.1, 0.15) is 20.8 Å². The van der Waals surface area contributed by atoms with Crippen LogP contribution < -0.4 is 18.9 Å². The van der Waals surface area contributed by atoms with E-state index in [-0.39, 0.29) is 17.1 Å². The lowest BCUT2D eigenvalue weighted by atomic mass is 10.1. The molecular weight excluding hydrogens is 568 g/mol. The molecule has 170 valence electrons. The molecule has 13 heteroatoms. The summed E-state index contributed by atoms with van der Waals surface area (Å²) in [5.74, 6) is -1.14. The molecule has 0 saturated heterocycles. The molecule has 0 aliphatic rings. The highest BCUT2D eigenvalue weighted by Gasteiger charge is 2.19. The summed E-state index contributed by atoms with van der Waals surface area (Å²) in [4.78, 5) is 15.2. The fourth-order valence-corrected chi connectivity index (χ4v) is 3.29. The molecule has 2 heterocycles. The van der Waals surface area contributed by atoms with Gasteiger partial charge < -0.3 is 9.47 Å². The SMILES string of the molecule is [2H]c1nc(NS(=O)(=O)NC([2H])([2H])C([2H])([2H])C([2H])([2H])[2H])c(-c2ccc(Br)cc2)c(OCC([2H])([2H])Oc2ncc(Br)cn2)n1. The highest BCUT2D eigenvalue weighted by atomic mass is 79.9. The van der Waals surface area contributed by atoms with Crippen molar-refractivity contribution in [2.45, 2.75) is 13.2 Å². The zero-order valence-corrected chi connectivity index (χ0v) is 19.7. The molecular formula is C19H20Br2N6O4S. The second-order valence-electron chi connectivity index (χ2n) is 5.54. The third-order valence-electron chi connectivity index (χ3n) is 3.40. The number of ether oxygens (including phenoxy) is 2. The lowest BCUT2D eigenvalue weighted by Crippen LogP contribution is -2.31. The Morgan fingerprint density at radius 2 is 1.84 bits per heavy atom. The maximum atomic E-state index is 12.9. The van der Waals surface area contributed by atoms with Crippen LogP contribution in [0.15, 0.2) is 51.9 Å². The molecule has 0 aliphatic carbocycles. The van der Waals surface area contributed by atoms with Crippen molar-refractivity contribution in [3.05, 3.63) is 51.9 Å². The van der Waals surface area contributed by atoms with Gasteiger partial charge in [-0.1, -0.05) is 34.9 Å². The zero-order chi connectivity index (χ0) is 31.7. The summed E-state index contributed by atoms with van der Waals surface area (Å²) in [6, 6.07) is 5.73. The Labute approximate surface area is 216 Å². The van der Waals surface area contributed by atoms with Crippen LogP contribution in [0.5, 0.6) is 11.9 Å². The predicted octanol–water partition coefficient (Wildman–Crippen LogP) is 3.57. The molecule has 0 amide bonds. The molecule has 3 rings (SSSR count). The Morgan fingerprint density at radius 3 is 2.56 bits per heavy atom. The smallest absolute Gasteiger partial charge is 0.316 e. The fourth-order valence-electron chi connectivity index (χ4n) is 2.18. The minimum Gasteiger partial charge on any atom is -0.473 e. The van der Waals surface area contributed by atoms with Crippen LogP contribution in [0, 0.1) is 0 Å². The van der Waals surface area contributed by atoms with E-state index in [1.165, 1.54) is 29.2 Å². The average molecular weight is 598 g/mol.